The van der Waals surface area contributed by atoms with Gasteiger partial charge in [-0.05, 0) is 44.2 Å². The summed E-state index contributed by atoms with van der Waals surface area (Å²) >= 11 is 4.28. The van der Waals surface area contributed by atoms with Crippen molar-refractivity contribution < 1.29 is 0 Å². The number of rotatable bonds is 4. The lowest BCUT2D eigenvalue weighted by atomic mass is 9.98. The monoisotopic (exact) mass is 209 g/mol. The average molecular weight is 209 g/mol. The van der Waals surface area contributed by atoms with E-state index >= 15 is 0 Å². The molecule has 0 heterocycles. The van der Waals surface area contributed by atoms with Crippen LogP contribution in [-0.4, -0.2) is 12.8 Å². The van der Waals surface area contributed by atoms with Crippen molar-refractivity contribution in [1.82, 2.24) is 5.32 Å². The molecule has 1 N–H and O–H groups in total. The molecule has 0 aliphatic heterocycles. The lowest BCUT2D eigenvalue weighted by Crippen LogP contribution is -2.17. The van der Waals surface area contributed by atoms with E-state index < -0.39 is 0 Å². The van der Waals surface area contributed by atoms with Gasteiger partial charge in [0.25, 0.3) is 0 Å². The molecule has 1 aromatic carbocycles. The van der Waals surface area contributed by atoms with Crippen LogP contribution >= 0.6 is 12.6 Å². The maximum absolute atomic E-state index is 4.28. The van der Waals surface area contributed by atoms with E-state index in [-0.39, 0.29) is 0 Å². The zero-order chi connectivity index (χ0) is 10.6. The highest BCUT2D eigenvalue weighted by Gasteiger charge is 2.10. The van der Waals surface area contributed by atoms with Crippen molar-refractivity contribution in [2.45, 2.75) is 26.3 Å². The Balaban J connectivity index is 2.92. The van der Waals surface area contributed by atoms with Crippen molar-refractivity contribution in [1.29, 1.82) is 0 Å². The molecule has 1 atom stereocenters. The SMILES string of the molecule is CNC(CCS)c1ccc(C)cc1C. The maximum atomic E-state index is 4.28. The van der Waals surface area contributed by atoms with Crippen LogP contribution < -0.4 is 5.32 Å². The molecule has 1 nitrogen and oxygen atoms in total. The summed E-state index contributed by atoms with van der Waals surface area (Å²) in [7, 11) is 2.01. The van der Waals surface area contributed by atoms with Crippen LogP contribution in [0.15, 0.2) is 18.2 Å². The minimum Gasteiger partial charge on any atom is -0.313 e. The van der Waals surface area contributed by atoms with Crippen LogP contribution in [0.2, 0.25) is 0 Å². The summed E-state index contributed by atoms with van der Waals surface area (Å²) in [6, 6.07) is 7.06. The molecule has 1 aromatic rings. The molecular formula is C12H19NS. The van der Waals surface area contributed by atoms with E-state index in [0.717, 1.165) is 12.2 Å². The number of aryl methyl sites for hydroxylation is 2. The highest BCUT2D eigenvalue weighted by molar-refractivity contribution is 7.80. The number of thiol groups is 1. The van der Waals surface area contributed by atoms with E-state index in [9.17, 15) is 0 Å². The van der Waals surface area contributed by atoms with E-state index in [2.05, 4.69) is 50.0 Å². The predicted molar refractivity (Wildman–Crippen MR) is 66.2 cm³/mol. The molecule has 0 radical (unpaired) electrons. The third-order valence-corrected chi connectivity index (χ3v) is 2.83. The Hall–Kier alpha value is -0.470. The van der Waals surface area contributed by atoms with Gasteiger partial charge < -0.3 is 5.32 Å². The van der Waals surface area contributed by atoms with Gasteiger partial charge in [-0.2, -0.15) is 12.6 Å². The molecule has 0 saturated heterocycles. The lowest BCUT2D eigenvalue weighted by molar-refractivity contribution is 0.579. The van der Waals surface area contributed by atoms with Gasteiger partial charge in [-0.25, -0.2) is 0 Å². The minimum atomic E-state index is 0.438. The number of benzene rings is 1. The first kappa shape index (κ1) is 11.6. The quantitative estimate of drug-likeness (QED) is 0.727. The van der Waals surface area contributed by atoms with Gasteiger partial charge >= 0.3 is 0 Å². The molecule has 0 saturated carbocycles. The average Bonchev–Trinajstić information content (AvgIpc) is 2.15. The van der Waals surface area contributed by atoms with Crippen molar-refractivity contribution in [3.05, 3.63) is 34.9 Å². The molecule has 0 aliphatic carbocycles. The molecule has 0 amide bonds. The zero-order valence-corrected chi connectivity index (χ0v) is 10.1. The first-order chi connectivity index (χ1) is 6.69. The highest BCUT2D eigenvalue weighted by Crippen LogP contribution is 2.21. The Morgan fingerprint density at radius 3 is 2.57 bits per heavy atom. The standard InChI is InChI=1S/C12H19NS/c1-9-4-5-11(10(2)8-9)12(13-3)6-7-14/h4-5,8,12-14H,6-7H2,1-3H3. The Morgan fingerprint density at radius 2 is 2.07 bits per heavy atom. The second-order valence-corrected chi connectivity index (χ2v) is 4.16. The van der Waals surface area contributed by atoms with Crippen molar-refractivity contribution in [3.63, 3.8) is 0 Å². The number of nitrogens with one attached hydrogen (secondary N) is 1. The largest absolute Gasteiger partial charge is 0.313 e. The number of hydrogen-bond donors (Lipinski definition) is 2. The summed E-state index contributed by atoms with van der Waals surface area (Å²) in [5, 5.41) is 3.33. The Morgan fingerprint density at radius 1 is 1.36 bits per heavy atom. The van der Waals surface area contributed by atoms with Crippen LogP contribution in [0.4, 0.5) is 0 Å². The van der Waals surface area contributed by atoms with Gasteiger partial charge in [-0.15, -0.1) is 0 Å². The molecule has 14 heavy (non-hydrogen) atoms. The van der Waals surface area contributed by atoms with E-state index in [4.69, 9.17) is 0 Å². The Labute approximate surface area is 92.3 Å². The number of hydrogen-bond acceptors (Lipinski definition) is 2. The first-order valence-electron chi connectivity index (χ1n) is 5.04. The van der Waals surface area contributed by atoms with Crippen LogP contribution in [0.1, 0.15) is 29.2 Å². The van der Waals surface area contributed by atoms with Crippen molar-refractivity contribution >= 4 is 12.6 Å². The smallest absolute Gasteiger partial charge is 0.0327 e. The van der Waals surface area contributed by atoms with Crippen LogP contribution in [0, 0.1) is 13.8 Å². The molecule has 78 valence electrons. The van der Waals surface area contributed by atoms with Gasteiger partial charge in [0.2, 0.25) is 0 Å². The topological polar surface area (TPSA) is 12.0 Å². The zero-order valence-electron chi connectivity index (χ0n) is 9.17. The highest BCUT2D eigenvalue weighted by atomic mass is 32.1. The maximum Gasteiger partial charge on any atom is 0.0327 e. The summed E-state index contributed by atoms with van der Waals surface area (Å²) in [5.74, 6) is 0.915. The third-order valence-electron chi connectivity index (χ3n) is 2.57. The van der Waals surface area contributed by atoms with Crippen molar-refractivity contribution in [2.24, 2.45) is 0 Å². The van der Waals surface area contributed by atoms with Gasteiger partial charge in [0.15, 0.2) is 0 Å². The van der Waals surface area contributed by atoms with Gasteiger partial charge in [0, 0.05) is 6.04 Å². The summed E-state index contributed by atoms with van der Waals surface area (Å²) in [6.07, 6.45) is 1.07. The van der Waals surface area contributed by atoms with Gasteiger partial charge in [0.05, 0.1) is 0 Å². The van der Waals surface area contributed by atoms with Gasteiger partial charge in [-0.3, -0.25) is 0 Å². The molecular weight excluding hydrogens is 190 g/mol. The van der Waals surface area contributed by atoms with Crippen LogP contribution in [0.3, 0.4) is 0 Å². The Bertz CT molecular complexity index is 296. The summed E-state index contributed by atoms with van der Waals surface area (Å²) in [4.78, 5) is 0. The van der Waals surface area contributed by atoms with Crippen LogP contribution in [0.25, 0.3) is 0 Å². The molecule has 0 fully saturated rings. The van der Waals surface area contributed by atoms with Crippen molar-refractivity contribution in [3.8, 4) is 0 Å². The van der Waals surface area contributed by atoms with Crippen LogP contribution in [0.5, 0.6) is 0 Å². The lowest BCUT2D eigenvalue weighted by Gasteiger charge is -2.18. The van der Waals surface area contributed by atoms with Crippen LogP contribution in [-0.2, 0) is 0 Å². The molecule has 0 bridgehead atoms. The van der Waals surface area contributed by atoms with E-state index in [1.165, 1.54) is 16.7 Å². The van der Waals surface area contributed by atoms with E-state index in [0.29, 0.717) is 6.04 Å². The predicted octanol–water partition coefficient (Wildman–Crippen LogP) is 2.88. The fourth-order valence-corrected chi connectivity index (χ4v) is 2.06. The fourth-order valence-electron chi connectivity index (χ4n) is 1.80. The van der Waals surface area contributed by atoms with E-state index in [1.54, 1.807) is 0 Å². The minimum absolute atomic E-state index is 0.438. The fraction of sp³-hybridized carbons (Fsp3) is 0.500. The first-order valence-corrected chi connectivity index (χ1v) is 5.67. The molecule has 1 unspecified atom stereocenters. The molecule has 0 aromatic heterocycles. The third kappa shape index (κ3) is 2.76. The van der Waals surface area contributed by atoms with Gasteiger partial charge in [-0.1, -0.05) is 23.8 Å². The van der Waals surface area contributed by atoms with Gasteiger partial charge in [0.1, 0.15) is 0 Å². The second kappa shape index (κ2) is 5.42. The molecule has 0 aliphatic rings. The summed E-state index contributed by atoms with van der Waals surface area (Å²) in [5.41, 5.74) is 4.09. The second-order valence-electron chi connectivity index (χ2n) is 3.71. The molecule has 2 heteroatoms. The molecule has 1 rings (SSSR count). The normalized spacial score (nSPS) is 12.9. The Kier molecular flexibility index (Phi) is 4.49. The summed E-state index contributed by atoms with van der Waals surface area (Å²) in [6.45, 7) is 4.30. The molecule has 0 spiro atoms. The van der Waals surface area contributed by atoms with E-state index in [1.807, 2.05) is 7.05 Å². The van der Waals surface area contributed by atoms with Crippen molar-refractivity contribution in [2.75, 3.05) is 12.8 Å². The summed E-state index contributed by atoms with van der Waals surface area (Å²) < 4.78 is 0.